The maximum absolute atomic E-state index is 13.5. The fourth-order valence-electron chi connectivity index (χ4n) is 1.14. The molecule has 1 aromatic carbocycles. The number of rotatable bonds is 3. The normalized spacial score (nSPS) is 10.3. The van der Waals surface area contributed by atoms with Crippen LogP contribution in [0.3, 0.4) is 0 Å². The molecule has 0 aliphatic rings. The standard InChI is InChI=1S/C10H10F2OS/c1-6(13)5-7-8(11)3-4-9(14-2)10(7)12/h3-4H,5H2,1-2H3. The van der Waals surface area contributed by atoms with Crippen molar-refractivity contribution in [3.05, 3.63) is 29.3 Å². The Hall–Kier alpha value is -0.900. The monoisotopic (exact) mass is 216 g/mol. The molecule has 0 amide bonds. The van der Waals surface area contributed by atoms with Crippen molar-refractivity contribution in [2.75, 3.05) is 6.26 Å². The Balaban J connectivity index is 3.18. The van der Waals surface area contributed by atoms with Crippen molar-refractivity contribution in [1.82, 2.24) is 0 Å². The number of carbonyl (C=O) groups excluding carboxylic acids is 1. The SMILES string of the molecule is CSc1ccc(F)c(CC(C)=O)c1F. The van der Waals surface area contributed by atoms with Crippen LogP contribution in [-0.4, -0.2) is 12.0 Å². The van der Waals surface area contributed by atoms with E-state index in [1.807, 2.05) is 0 Å². The maximum Gasteiger partial charge on any atom is 0.143 e. The lowest BCUT2D eigenvalue weighted by Crippen LogP contribution is -2.03. The van der Waals surface area contributed by atoms with Gasteiger partial charge < -0.3 is 0 Å². The Morgan fingerprint density at radius 3 is 2.57 bits per heavy atom. The summed E-state index contributed by atoms with van der Waals surface area (Å²) in [6.45, 7) is 1.31. The third kappa shape index (κ3) is 2.32. The van der Waals surface area contributed by atoms with E-state index in [-0.39, 0.29) is 17.8 Å². The Kier molecular flexibility index (Phi) is 3.63. The molecule has 0 heterocycles. The molecule has 4 heteroatoms. The average molecular weight is 216 g/mol. The van der Waals surface area contributed by atoms with E-state index in [1.165, 1.54) is 30.8 Å². The van der Waals surface area contributed by atoms with Crippen LogP contribution in [0.4, 0.5) is 8.78 Å². The van der Waals surface area contributed by atoms with Gasteiger partial charge in [-0.25, -0.2) is 8.78 Å². The molecule has 14 heavy (non-hydrogen) atoms. The average Bonchev–Trinajstić information content (AvgIpc) is 2.12. The minimum Gasteiger partial charge on any atom is -0.300 e. The van der Waals surface area contributed by atoms with Crippen molar-refractivity contribution in [2.45, 2.75) is 18.2 Å². The van der Waals surface area contributed by atoms with E-state index in [9.17, 15) is 13.6 Å². The Labute approximate surface area is 85.5 Å². The van der Waals surface area contributed by atoms with Crippen molar-refractivity contribution in [3.63, 3.8) is 0 Å². The van der Waals surface area contributed by atoms with E-state index in [0.29, 0.717) is 4.90 Å². The number of thioether (sulfide) groups is 1. The first-order chi connectivity index (χ1) is 6.56. The molecule has 1 rings (SSSR count). The molecule has 76 valence electrons. The summed E-state index contributed by atoms with van der Waals surface area (Å²) in [6.07, 6.45) is 1.51. The van der Waals surface area contributed by atoms with Crippen molar-refractivity contribution in [2.24, 2.45) is 0 Å². The number of carbonyl (C=O) groups is 1. The molecule has 0 saturated heterocycles. The minimum atomic E-state index is -0.657. The fraction of sp³-hybridized carbons (Fsp3) is 0.300. The lowest BCUT2D eigenvalue weighted by Gasteiger charge is -2.06. The van der Waals surface area contributed by atoms with Gasteiger partial charge in [0.05, 0.1) is 0 Å². The van der Waals surface area contributed by atoms with Gasteiger partial charge in [0.2, 0.25) is 0 Å². The second-order valence-corrected chi connectivity index (χ2v) is 3.77. The Morgan fingerprint density at radius 2 is 2.07 bits per heavy atom. The molecule has 0 aliphatic heterocycles. The van der Waals surface area contributed by atoms with Crippen molar-refractivity contribution < 1.29 is 13.6 Å². The highest BCUT2D eigenvalue weighted by atomic mass is 32.2. The molecule has 0 atom stereocenters. The molecule has 0 N–H and O–H groups in total. The van der Waals surface area contributed by atoms with E-state index in [0.717, 1.165) is 0 Å². The van der Waals surface area contributed by atoms with E-state index >= 15 is 0 Å². The largest absolute Gasteiger partial charge is 0.300 e. The maximum atomic E-state index is 13.5. The highest BCUT2D eigenvalue weighted by Crippen LogP contribution is 2.24. The van der Waals surface area contributed by atoms with Gasteiger partial charge in [-0.1, -0.05) is 0 Å². The van der Waals surface area contributed by atoms with Crippen LogP contribution >= 0.6 is 11.8 Å². The molecule has 0 fully saturated rings. The topological polar surface area (TPSA) is 17.1 Å². The third-order valence-corrected chi connectivity index (χ3v) is 2.55. The zero-order valence-corrected chi connectivity index (χ0v) is 8.75. The van der Waals surface area contributed by atoms with E-state index in [4.69, 9.17) is 0 Å². The molecule has 0 saturated carbocycles. The smallest absolute Gasteiger partial charge is 0.143 e. The van der Waals surface area contributed by atoms with Crippen molar-refractivity contribution in [3.8, 4) is 0 Å². The van der Waals surface area contributed by atoms with E-state index < -0.39 is 11.6 Å². The van der Waals surface area contributed by atoms with Crippen molar-refractivity contribution >= 4 is 17.5 Å². The van der Waals surface area contributed by atoms with Gasteiger partial charge in [-0.2, -0.15) is 0 Å². The minimum absolute atomic E-state index is 0.135. The predicted octanol–water partition coefficient (Wildman–Crippen LogP) is 2.82. The van der Waals surface area contributed by atoms with Crippen LogP contribution in [0.15, 0.2) is 17.0 Å². The van der Waals surface area contributed by atoms with Crippen molar-refractivity contribution in [1.29, 1.82) is 0 Å². The highest BCUT2D eigenvalue weighted by Gasteiger charge is 2.14. The number of ketones is 1. The van der Waals surface area contributed by atoms with Crippen LogP contribution in [0.2, 0.25) is 0 Å². The quantitative estimate of drug-likeness (QED) is 0.723. The van der Waals surface area contributed by atoms with Crippen LogP contribution in [0.5, 0.6) is 0 Å². The first-order valence-corrected chi connectivity index (χ1v) is 5.29. The van der Waals surface area contributed by atoms with Gasteiger partial charge in [0, 0.05) is 16.9 Å². The zero-order valence-electron chi connectivity index (χ0n) is 7.93. The summed E-state index contributed by atoms with van der Waals surface area (Å²) < 4.78 is 26.6. The van der Waals surface area contributed by atoms with Crippen LogP contribution < -0.4 is 0 Å². The molecule has 0 aliphatic carbocycles. The highest BCUT2D eigenvalue weighted by molar-refractivity contribution is 7.98. The second kappa shape index (κ2) is 4.55. The second-order valence-electron chi connectivity index (χ2n) is 2.92. The lowest BCUT2D eigenvalue weighted by molar-refractivity contribution is -0.116. The summed E-state index contributed by atoms with van der Waals surface area (Å²) in [5.74, 6) is -1.52. The Morgan fingerprint density at radius 1 is 1.43 bits per heavy atom. The van der Waals surface area contributed by atoms with Gasteiger partial charge in [-0.15, -0.1) is 11.8 Å². The van der Waals surface area contributed by atoms with Crippen LogP contribution in [0, 0.1) is 11.6 Å². The lowest BCUT2D eigenvalue weighted by atomic mass is 10.1. The number of Topliss-reactive ketones (excluding diaryl/α,β-unsaturated/α-hetero) is 1. The Bertz CT molecular complexity index is 363. The predicted molar refractivity (Wildman–Crippen MR) is 52.5 cm³/mol. The third-order valence-electron chi connectivity index (χ3n) is 1.80. The summed E-state index contributed by atoms with van der Waals surface area (Å²) in [5, 5.41) is 0. The van der Waals surface area contributed by atoms with Gasteiger partial charge in [-0.05, 0) is 25.3 Å². The first kappa shape index (κ1) is 11.2. The van der Waals surface area contributed by atoms with Gasteiger partial charge in [0.25, 0.3) is 0 Å². The molecule has 1 nitrogen and oxygen atoms in total. The number of hydrogen-bond acceptors (Lipinski definition) is 2. The molecule has 0 bridgehead atoms. The van der Waals surface area contributed by atoms with Crippen LogP contribution in [0.25, 0.3) is 0 Å². The molecular formula is C10H10F2OS. The number of benzene rings is 1. The number of hydrogen-bond donors (Lipinski definition) is 0. The summed E-state index contributed by atoms with van der Waals surface area (Å²) >= 11 is 1.19. The molecule has 0 spiro atoms. The molecule has 0 radical (unpaired) electrons. The molecule has 1 aromatic rings. The molecule has 0 unspecified atom stereocenters. The van der Waals surface area contributed by atoms with E-state index in [1.54, 1.807) is 6.26 Å². The summed E-state index contributed by atoms with van der Waals surface area (Å²) in [5.41, 5.74) is -0.135. The van der Waals surface area contributed by atoms with Gasteiger partial charge >= 0.3 is 0 Å². The molecular weight excluding hydrogens is 206 g/mol. The summed E-state index contributed by atoms with van der Waals surface area (Å²) in [7, 11) is 0. The van der Waals surface area contributed by atoms with Gasteiger partial charge in [0.15, 0.2) is 0 Å². The van der Waals surface area contributed by atoms with Crippen LogP contribution in [-0.2, 0) is 11.2 Å². The summed E-state index contributed by atoms with van der Waals surface area (Å²) in [4.78, 5) is 11.1. The zero-order chi connectivity index (χ0) is 10.7. The summed E-state index contributed by atoms with van der Waals surface area (Å²) in [6, 6.07) is 2.56. The fourth-order valence-corrected chi connectivity index (χ4v) is 1.65. The first-order valence-electron chi connectivity index (χ1n) is 4.06. The van der Waals surface area contributed by atoms with Gasteiger partial charge in [-0.3, -0.25) is 4.79 Å². The molecule has 0 aromatic heterocycles. The van der Waals surface area contributed by atoms with E-state index in [2.05, 4.69) is 0 Å². The number of halogens is 2. The van der Waals surface area contributed by atoms with Crippen LogP contribution in [0.1, 0.15) is 12.5 Å². The van der Waals surface area contributed by atoms with Gasteiger partial charge in [0.1, 0.15) is 17.4 Å².